The SMILES string of the molecule is CS(=O)(=Nc1c(C(F)(F)F)nc2cc(C#N)ccn12)c1ccccc1F. The van der Waals surface area contributed by atoms with Gasteiger partial charge in [0.2, 0.25) is 0 Å². The number of aromatic nitrogens is 2. The van der Waals surface area contributed by atoms with Crippen LogP contribution in [0.1, 0.15) is 11.3 Å². The van der Waals surface area contributed by atoms with E-state index in [2.05, 4.69) is 9.35 Å². The van der Waals surface area contributed by atoms with Crippen LogP contribution in [-0.2, 0) is 15.9 Å². The standard InChI is InChI=1S/C16H10F4N4OS/c1-26(25,12-5-3-2-4-11(12)17)23-15-14(16(18,19)20)22-13-8-10(9-21)6-7-24(13)15/h2-8H,1H3. The highest BCUT2D eigenvalue weighted by atomic mass is 32.2. The van der Waals surface area contributed by atoms with Crippen LogP contribution in [0.25, 0.3) is 5.65 Å². The van der Waals surface area contributed by atoms with E-state index in [4.69, 9.17) is 5.26 Å². The Labute approximate surface area is 145 Å². The Balaban J connectivity index is 2.35. The molecule has 0 aliphatic heterocycles. The van der Waals surface area contributed by atoms with E-state index in [1.54, 1.807) is 6.07 Å². The molecular formula is C16H10F4N4OS. The summed E-state index contributed by atoms with van der Waals surface area (Å²) >= 11 is 0. The second-order valence-corrected chi connectivity index (χ2v) is 7.59. The predicted molar refractivity (Wildman–Crippen MR) is 85.7 cm³/mol. The van der Waals surface area contributed by atoms with Gasteiger partial charge in [-0.3, -0.25) is 4.40 Å². The summed E-state index contributed by atoms with van der Waals surface area (Å²) in [4.78, 5) is 3.16. The van der Waals surface area contributed by atoms with E-state index in [0.717, 1.165) is 22.8 Å². The molecule has 0 N–H and O–H groups in total. The number of pyridine rings is 1. The first-order valence-corrected chi connectivity index (χ1v) is 9.02. The topological polar surface area (TPSA) is 70.5 Å². The van der Waals surface area contributed by atoms with Crippen molar-refractivity contribution in [2.45, 2.75) is 11.1 Å². The molecule has 1 aromatic carbocycles. The summed E-state index contributed by atoms with van der Waals surface area (Å²) in [5.74, 6) is -1.55. The Morgan fingerprint density at radius 3 is 2.58 bits per heavy atom. The van der Waals surface area contributed by atoms with Crippen LogP contribution < -0.4 is 0 Å². The fourth-order valence-electron chi connectivity index (χ4n) is 2.34. The summed E-state index contributed by atoms with van der Waals surface area (Å²) < 4.78 is 71.6. The third-order valence-corrected chi connectivity index (χ3v) is 5.17. The molecule has 134 valence electrons. The van der Waals surface area contributed by atoms with E-state index in [1.165, 1.54) is 30.5 Å². The van der Waals surface area contributed by atoms with Gasteiger partial charge in [0, 0.05) is 12.5 Å². The lowest BCUT2D eigenvalue weighted by Gasteiger charge is -2.08. The average molecular weight is 382 g/mol. The highest BCUT2D eigenvalue weighted by Crippen LogP contribution is 2.37. The van der Waals surface area contributed by atoms with Gasteiger partial charge in [0.25, 0.3) is 0 Å². The molecule has 0 saturated carbocycles. The fraction of sp³-hybridized carbons (Fsp3) is 0.125. The van der Waals surface area contributed by atoms with E-state index in [0.29, 0.717) is 0 Å². The van der Waals surface area contributed by atoms with Crippen molar-refractivity contribution in [3.63, 3.8) is 0 Å². The lowest BCUT2D eigenvalue weighted by molar-refractivity contribution is -0.140. The van der Waals surface area contributed by atoms with Gasteiger partial charge in [-0.05, 0) is 24.3 Å². The first kappa shape index (κ1) is 17.9. The van der Waals surface area contributed by atoms with Gasteiger partial charge in [-0.25, -0.2) is 13.6 Å². The summed E-state index contributed by atoms with van der Waals surface area (Å²) in [6.45, 7) is 0. The van der Waals surface area contributed by atoms with Crippen molar-refractivity contribution in [2.75, 3.05) is 6.26 Å². The molecule has 26 heavy (non-hydrogen) atoms. The molecule has 0 aliphatic carbocycles. The number of hydrogen-bond donors (Lipinski definition) is 0. The van der Waals surface area contributed by atoms with E-state index in [-0.39, 0.29) is 16.1 Å². The number of rotatable bonds is 2. The maximum Gasteiger partial charge on any atom is 0.437 e. The van der Waals surface area contributed by atoms with Gasteiger partial charge in [-0.15, -0.1) is 0 Å². The molecule has 3 aromatic rings. The summed E-state index contributed by atoms with van der Waals surface area (Å²) in [6, 6.07) is 9.24. The molecule has 5 nitrogen and oxygen atoms in total. The Morgan fingerprint density at radius 1 is 1.27 bits per heavy atom. The molecule has 0 saturated heterocycles. The fourth-order valence-corrected chi connectivity index (χ4v) is 3.71. The predicted octanol–water partition coefficient (Wildman–Crippen LogP) is 4.15. The van der Waals surface area contributed by atoms with Gasteiger partial charge in [0.05, 0.1) is 26.3 Å². The van der Waals surface area contributed by atoms with Gasteiger partial charge < -0.3 is 0 Å². The van der Waals surface area contributed by atoms with Gasteiger partial charge in [-0.2, -0.15) is 22.8 Å². The number of alkyl halides is 3. The molecule has 10 heteroatoms. The van der Waals surface area contributed by atoms with Crippen LogP contribution in [0, 0.1) is 17.1 Å². The van der Waals surface area contributed by atoms with Crippen molar-refractivity contribution in [1.29, 1.82) is 5.26 Å². The average Bonchev–Trinajstić information content (AvgIpc) is 2.92. The van der Waals surface area contributed by atoms with Gasteiger partial charge in [0.1, 0.15) is 11.5 Å². The molecule has 1 atom stereocenters. The minimum absolute atomic E-state index is 0.106. The Morgan fingerprint density at radius 2 is 1.96 bits per heavy atom. The van der Waals surface area contributed by atoms with Crippen LogP contribution in [0.3, 0.4) is 0 Å². The van der Waals surface area contributed by atoms with E-state index < -0.39 is 33.2 Å². The molecule has 0 bridgehead atoms. The van der Waals surface area contributed by atoms with Crippen LogP contribution in [0.5, 0.6) is 0 Å². The third-order valence-electron chi connectivity index (χ3n) is 3.50. The van der Waals surface area contributed by atoms with E-state index in [9.17, 15) is 21.8 Å². The Kier molecular flexibility index (Phi) is 4.20. The molecular weight excluding hydrogens is 372 g/mol. The molecule has 3 rings (SSSR count). The number of fused-ring (bicyclic) bond motifs is 1. The molecule has 0 radical (unpaired) electrons. The normalized spacial score (nSPS) is 14.0. The van der Waals surface area contributed by atoms with Crippen LogP contribution in [-0.4, -0.2) is 19.8 Å². The molecule has 1 unspecified atom stereocenters. The van der Waals surface area contributed by atoms with Crippen molar-refractivity contribution >= 4 is 21.2 Å². The molecule has 2 heterocycles. The van der Waals surface area contributed by atoms with Gasteiger partial charge in [-0.1, -0.05) is 12.1 Å². The monoisotopic (exact) mass is 382 g/mol. The highest BCUT2D eigenvalue weighted by molar-refractivity contribution is 7.93. The van der Waals surface area contributed by atoms with Crippen molar-refractivity contribution < 1.29 is 21.8 Å². The smallest absolute Gasteiger partial charge is 0.283 e. The second kappa shape index (κ2) is 6.10. The minimum atomic E-state index is -4.87. The van der Waals surface area contributed by atoms with Crippen LogP contribution in [0.2, 0.25) is 0 Å². The van der Waals surface area contributed by atoms with Crippen LogP contribution >= 0.6 is 0 Å². The number of benzene rings is 1. The maximum atomic E-state index is 13.9. The zero-order valence-corrected chi connectivity index (χ0v) is 14.0. The van der Waals surface area contributed by atoms with Crippen molar-refractivity contribution in [3.05, 3.63) is 59.7 Å². The van der Waals surface area contributed by atoms with Gasteiger partial charge in [0.15, 0.2) is 11.5 Å². The molecule has 2 aromatic heterocycles. The zero-order valence-electron chi connectivity index (χ0n) is 13.2. The Hall–Kier alpha value is -2.93. The van der Waals surface area contributed by atoms with Crippen molar-refractivity contribution in [2.24, 2.45) is 4.36 Å². The van der Waals surface area contributed by atoms with Crippen LogP contribution in [0.15, 0.2) is 51.9 Å². The lowest BCUT2D eigenvalue weighted by Crippen LogP contribution is -2.07. The number of halogens is 4. The first-order valence-electron chi connectivity index (χ1n) is 7.09. The van der Waals surface area contributed by atoms with Crippen LogP contribution in [0.4, 0.5) is 23.4 Å². The number of nitrogens with zero attached hydrogens (tertiary/aromatic N) is 4. The first-order chi connectivity index (χ1) is 12.1. The second-order valence-electron chi connectivity index (χ2n) is 5.36. The van der Waals surface area contributed by atoms with E-state index >= 15 is 0 Å². The number of hydrogen-bond acceptors (Lipinski definition) is 4. The zero-order chi connectivity index (χ0) is 19.1. The molecule has 0 aliphatic rings. The van der Waals surface area contributed by atoms with Crippen molar-refractivity contribution in [3.8, 4) is 6.07 Å². The lowest BCUT2D eigenvalue weighted by atomic mass is 10.3. The minimum Gasteiger partial charge on any atom is -0.283 e. The molecule has 0 spiro atoms. The molecule has 0 fully saturated rings. The number of nitriles is 1. The molecule has 0 amide bonds. The maximum absolute atomic E-state index is 13.9. The van der Waals surface area contributed by atoms with Gasteiger partial charge >= 0.3 is 6.18 Å². The number of imidazole rings is 1. The summed E-state index contributed by atoms with van der Waals surface area (Å²) in [5.41, 5.74) is -1.44. The summed E-state index contributed by atoms with van der Waals surface area (Å²) in [5, 5.41) is 8.88. The van der Waals surface area contributed by atoms with E-state index in [1.807, 2.05) is 0 Å². The summed E-state index contributed by atoms with van der Waals surface area (Å²) in [6.07, 6.45) is -2.65. The quantitative estimate of drug-likeness (QED) is 0.625. The summed E-state index contributed by atoms with van der Waals surface area (Å²) in [7, 11) is -3.53. The highest BCUT2D eigenvalue weighted by Gasteiger charge is 2.38. The third kappa shape index (κ3) is 3.13. The largest absolute Gasteiger partial charge is 0.437 e. The Bertz CT molecular complexity index is 1170. The van der Waals surface area contributed by atoms with Crippen molar-refractivity contribution in [1.82, 2.24) is 9.38 Å².